The third-order valence-corrected chi connectivity index (χ3v) is 3.18. The van der Waals surface area contributed by atoms with E-state index in [1.807, 2.05) is 12.1 Å². The van der Waals surface area contributed by atoms with E-state index in [9.17, 15) is 0 Å². The minimum atomic E-state index is 0.549. The summed E-state index contributed by atoms with van der Waals surface area (Å²) in [7, 11) is 4.19. The van der Waals surface area contributed by atoms with Crippen molar-refractivity contribution in [1.82, 2.24) is 10.2 Å². The molecule has 0 aliphatic rings. The van der Waals surface area contributed by atoms with Gasteiger partial charge in [-0.3, -0.25) is 0 Å². The van der Waals surface area contributed by atoms with Crippen LogP contribution in [-0.4, -0.2) is 31.6 Å². The van der Waals surface area contributed by atoms with Crippen LogP contribution < -0.4 is 5.32 Å². The van der Waals surface area contributed by atoms with Crippen molar-refractivity contribution in [1.29, 1.82) is 0 Å². The van der Waals surface area contributed by atoms with Gasteiger partial charge < -0.3 is 10.2 Å². The van der Waals surface area contributed by atoms with Gasteiger partial charge in [-0.1, -0.05) is 17.7 Å². The fourth-order valence-corrected chi connectivity index (χ4v) is 1.68. The lowest BCUT2D eigenvalue weighted by Crippen LogP contribution is -2.35. The fourth-order valence-electron chi connectivity index (χ4n) is 1.46. The number of likely N-dealkylation sites (N-methyl/N-ethyl adjacent to an activating group) is 1. The largest absolute Gasteiger partial charge is 0.311 e. The first-order valence-corrected chi connectivity index (χ1v) is 6.00. The van der Waals surface area contributed by atoms with E-state index < -0.39 is 0 Å². The molecule has 16 heavy (non-hydrogen) atoms. The third kappa shape index (κ3) is 4.12. The van der Waals surface area contributed by atoms with Gasteiger partial charge in [-0.05, 0) is 51.2 Å². The standard InChI is InChI=1S/C13H21ClN2/c1-10-7-13(14)6-5-12(10)9-15-8-11(2)16(3)4/h5-7,11,15H,8-9H2,1-4H3. The van der Waals surface area contributed by atoms with Crippen molar-refractivity contribution in [2.45, 2.75) is 26.4 Å². The SMILES string of the molecule is Cc1cc(Cl)ccc1CNCC(C)N(C)C. The first-order chi connectivity index (χ1) is 7.50. The molecule has 0 saturated carbocycles. The van der Waals surface area contributed by atoms with Crippen LogP contribution in [0.15, 0.2) is 18.2 Å². The Morgan fingerprint density at radius 2 is 2.06 bits per heavy atom. The van der Waals surface area contributed by atoms with Gasteiger partial charge in [-0.15, -0.1) is 0 Å². The molecule has 90 valence electrons. The van der Waals surface area contributed by atoms with Crippen LogP contribution in [0, 0.1) is 6.92 Å². The molecule has 0 radical (unpaired) electrons. The number of hydrogen-bond donors (Lipinski definition) is 1. The average Bonchev–Trinajstić information content (AvgIpc) is 2.20. The Morgan fingerprint density at radius 3 is 2.62 bits per heavy atom. The molecule has 0 heterocycles. The molecule has 0 bridgehead atoms. The lowest BCUT2D eigenvalue weighted by molar-refractivity contribution is 0.302. The highest BCUT2D eigenvalue weighted by Crippen LogP contribution is 2.14. The second kappa shape index (κ2) is 6.24. The number of aryl methyl sites for hydroxylation is 1. The highest BCUT2D eigenvalue weighted by molar-refractivity contribution is 6.30. The number of nitrogens with zero attached hydrogens (tertiary/aromatic N) is 1. The van der Waals surface area contributed by atoms with Gasteiger partial charge in [0.2, 0.25) is 0 Å². The maximum Gasteiger partial charge on any atom is 0.0408 e. The zero-order chi connectivity index (χ0) is 12.1. The van der Waals surface area contributed by atoms with E-state index in [4.69, 9.17) is 11.6 Å². The Bertz CT molecular complexity index is 337. The summed E-state index contributed by atoms with van der Waals surface area (Å²) in [5.41, 5.74) is 2.56. The second-order valence-electron chi connectivity index (χ2n) is 4.51. The Hall–Kier alpha value is -0.570. The van der Waals surface area contributed by atoms with Crippen molar-refractivity contribution < 1.29 is 0 Å². The van der Waals surface area contributed by atoms with E-state index in [-0.39, 0.29) is 0 Å². The van der Waals surface area contributed by atoms with Crippen LogP contribution in [0.25, 0.3) is 0 Å². The van der Waals surface area contributed by atoms with E-state index in [0.29, 0.717) is 6.04 Å². The van der Waals surface area contributed by atoms with Crippen LogP contribution >= 0.6 is 11.6 Å². The summed E-state index contributed by atoms with van der Waals surface area (Å²) in [6.07, 6.45) is 0. The predicted octanol–water partition coefficient (Wildman–Crippen LogP) is 2.69. The van der Waals surface area contributed by atoms with Gasteiger partial charge in [-0.2, -0.15) is 0 Å². The van der Waals surface area contributed by atoms with Gasteiger partial charge in [0.25, 0.3) is 0 Å². The van der Waals surface area contributed by atoms with Crippen molar-refractivity contribution >= 4 is 11.6 Å². The van der Waals surface area contributed by atoms with Crippen molar-refractivity contribution in [3.63, 3.8) is 0 Å². The number of nitrogens with one attached hydrogen (secondary N) is 1. The van der Waals surface area contributed by atoms with E-state index in [0.717, 1.165) is 18.1 Å². The molecule has 1 N–H and O–H groups in total. The van der Waals surface area contributed by atoms with Gasteiger partial charge >= 0.3 is 0 Å². The monoisotopic (exact) mass is 240 g/mol. The lowest BCUT2D eigenvalue weighted by atomic mass is 10.1. The molecule has 1 aromatic rings. The van der Waals surface area contributed by atoms with Crippen LogP contribution in [0.3, 0.4) is 0 Å². The topological polar surface area (TPSA) is 15.3 Å². The molecular weight excluding hydrogens is 220 g/mol. The molecule has 1 unspecified atom stereocenters. The van der Waals surface area contributed by atoms with Crippen molar-refractivity contribution in [3.05, 3.63) is 34.3 Å². The fraction of sp³-hybridized carbons (Fsp3) is 0.538. The molecule has 3 heteroatoms. The van der Waals surface area contributed by atoms with Crippen LogP contribution in [0.5, 0.6) is 0 Å². The van der Waals surface area contributed by atoms with E-state index >= 15 is 0 Å². The van der Waals surface area contributed by atoms with Gasteiger partial charge in [0, 0.05) is 24.2 Å². The van der Waals surface area contributed by atoms with Crippen LogP contribution in [0.2, 0.25) is 5.02 Å². The smallest absolute Gasteiger partial charge is 0.0408 e. The molecule has 0 aliphatic carbocycles. The maximum atomic E-state index is 5.92. The van der Waals surface area contributed by atoms with Crippen molar-refractivity contribution in [3.8, 4) is 0 Å². The van der Waals surface area contributed by atoms with Crippen LogP contribution in [0.1, 0.15) is 18.1 Å². The number of halogens is 1. The Labute approximate surface area is 104 Å². The number of rotatable bonds is 5. The molecular formula is C13H21ClN2. The van der Waals surface area contributed by atoms with Crippen molar-refractivity contribution in [2.24, 2.45) is 0 Å². The normalized spacial score (nSPS) is 13.1. The number of benzene rings is 1. The highest BCUT2D eigenvalue weighted by Gasteiger charge is 2.04. The molecule has 0 saturated heterocycles. The minimum Gasteiger partial charge on any atom is -0.311 e. The summed E-state index contributed by atoms with van der Waals surface area (Å²) in [6.45, 7) is 6.20. The molecule has 0 spiro atoms. The van der Waals surface area contributed by atoms with E-state index in [2.05, 4.69) is 44.2 Å². The van der Waals surface area contributed by atoms with Gasteiger partial charge in [0.05, 0.1) is 0 Å². The zero-order valence-corrected chi connectivity index (χ0v) is 11.3. The molecule has 0 aliphatic heterocycles. The second-order valence-corrected chi connectivity index (χ2v) is 4.95. The van der Waals surface area contributed by atoms with Gasteiger partial charge in [-0.25, -0.2) is 0 Å². The molecule has 1 rings (SSSR count). The lowest BCUT2D eigenvalue weighted by Gasteiger charge is -2.20. The molecule has 1 aromatic carbocycles. The third-order valence-electron chi connectivity index (χ3n) is 2.94. The Morgan fingerprint density at radius 1 is 1.38 bits per heavy atom. The summed E-state index contributed by atoms with van der Waals surface area (Å²) in [5, 5.41) is 4.27. The molecule has 0 amide bonds. The molecule has 0 fully saturated rings. The van der Waals surface area contributed by atoms with E-state index in [1.54, 1.807) is 0 Å². The van der Waals surface area contributed by atoms with Crippen molar-refractivity contribution in [2.75, 3.05) is 20.6 Å². The highest BCUT2D eigenvalue weighted by atomic mass is 35.5. The molecule has 0 aromatic heterocycles. The minimum absolute atomic E-state index is 0.549. The summed E-state index contributed by atoms with van der Waals surface area (Å²) in [6, 6.07) is 6.59. The Kier molecular flexibility index (Phi) is 5.26. The summed E-state index contributed by atoms with van der Waals surface area (Å²) < 4.78 is 0. The van der Waals surface area contributed by atoms with Gasteiger partial charge in [0.1, 0.15) is 0 Å². The first kappa shape index (κ1) is 13.5. The van der Waals surface area contributed by atoms with Gasteiger partial charge in [0.15, 0.2) is 0 Å². The van der Waals surface area contributed by atoms with Crippen LogP contribution in [0.4, 0.5) is 0 Å². The summed E-state index contributed by atoms with van der Waals surface area (Å²) >= 11 is 5.92. The molecule has 2 nitrogen and oxygen atoms in total. The number of hydrogen-bond acceptors (Lipinski definition) is 2. The zero-order valence-electron chi connectivity index (χ0n) is 10.5. The van der Waals surface area contributed by atoms with E-state index in [1.165, 1.54) is 11.1 Å². The van der Waals surface area contributed by atoms with Crippen LogP contribution in [-0.2, 0) is 6.54 Å². The summed E-state index contributed by atoms with van der Waals surface area (Å²) in [5.74, 6) is 0. The quantitative estimate of drug-likeness (QED) is 0.852. The predicted molar refractivity (Wildman–Crippen MR) is 71.0 cm³/mol. The molecule has 1 atom stereocenters. The maximum absolute atomic E-state index is 5.92. The first-order valence-electron chi connectivity index (χ1n) is 5.63. The Balaban J connectivity index is 2.43. The average molecular weight is 241 g/mol. The summed E-state index contributed by atoms with van der Waals surface area (Å²) in [4.78, 5) is 2.21.